The number of benzene rings is 3. The Morgan fingerprint density at radius 3 is 2.67 bits per heavy atom. The molecule has 3 aromatic heterocycles. The van der Waals surface area contributed by atoms with Crippen LogP contribution in [0.25, 0.3) is 53.4 Å². The Labute approximate surface area is 161 Å². The Kier molecular flexibility index (Phi) is 3.17. The minimum absolute atomic E-state index is 0.624. The van der Waals surface area contributed by atoms with Crippen LogP contribution in [0.2, 0.25) is 0 Å². The Balaban J connectivity index is 1.46. The number of rotatable bonds is 2. The highest BCUT2D eigenvalue weighted by molar-refractivity contribution is 7.21. The van der Waals surface area contributed by atoms with Gasteiger partial charge in [-0.25, -0.2) is 9.97 Å². The Bertz CT molecular complexity index is 1410. The summed E-state index contributed by atoms with van der Waals surface area (Å²) in [7, 11) is 0. The van der Waals surface area contributed by atoms with Crippen LogP contribution in [-0.2, 0) is 0 Å². The smallest absolute Gasteiger partial charge is 0.227 e. The Hall–Kier alpha value is -3.09. The monoisotopic (exact) mass is 385 g/mol. The van der Waals surface area contributed by atoms with Crippen LogP contribution in [0.3, 0.4) is 0 Å². The van der Waals surface area contributed by atoms with Crippen LogP contribution >= 0.6 is 22.9 Å². The maximum Gasteiger partial charge on any atom is 0.227 e. The third-order valence-corrected chi connectivity index (χ3v) is 6.38. The van der Waals surface area contributed by atoms with Gasteiger partial charge in [-0.3, -0.25) is 0 Å². The van der Waals surface area contributed by atoms with Crippen LogP contribution in [0.5, 0.6) is 0 Å². The molecule has 0 aliphatic heterocycles. The average molecular weight is 385 g/mol. The van der Waals surface area contributed by atoms with Gasteiger partial charge in [0, 0.05) is 22.7 Å². The van der Waals surface area contributed by atoms with Gasteiger partial charge in [-0.1, -0.05) is 24.3 Å². The number of hydrogen-bond donors (Lipinski definition) is 0. The van der Waals surface area contributed by atoms with Gasteiger partial charge in [0.1, 0.15) is 10.5 Å². The number of oxazole rings is 1. The van der Waals surface area contributed by atoms with E-state index in [0.717, 1.165) is 37.5 Å². The molecule has 0 unspecified atom stereocenters. The topological polar surface area (TPSA) is 51.8 Å². The molecule has 0 aliphatic carbocycles. The maximum absolute atomic E-state index is 5.89. The first kappa shape index (κ1) is 15.0. The highest BCUT2D eigenvalue weighted by Crippen LogP contribution is 2.35. The molecule has 128 valence electrons. The van der Waals surface area contributed by atoms with Crippen LogP contribution < -0.4 is 0 Å². The average Bonchev–Trinajstić information content (AvgIpc) is 3.42. The van der Waals surface area contributed by atoms with Crippen molar-refractivity contribution in [3.63, 3.8) is 0 Å². The molecule has 0 radical (unpaired) electrons. The molecule has 0 N–H and O–H groups in total. The molecule has 6 rings (SSSR count). The second kappa shape index (κ2) is 5.70. The molecular formula is C21H11N3OS2. The van der Waals surface area contributed by atoms with Crippen molar-refractivity contribution in [3.05, 3.63) is 66.9 Å². The third kappa shape index (κ3) is 2.45. The fraction of sp³-hybridized carbons (Fsp3) is 0. The predicted molar refractivity (Wildman–Crippen MR) is 111 cm³/mol. The summed E-state index contributed by atoms with van der Waals surface area (Å²) in [5, 5.41) is 2.18. The molecule has 27 heavy (non-hydrogen) atoms. The van der Waals surface area contributed by atoms with Crippen molar-refractivity contribution < 1.29 is 4.42 Å². The Morgan fingerprint density at radius 1 is 0.778 bits per heavy atom. The van der Waals surface area contributed by atoms with E-state index in [1.807, 2.05) is 42.6 Å². The van der Waals surface area contributed by atoms with Gasteiger partial charge in [0.25, 0.3) is 0 Å². The Morgan fingerprint density at radius 2 is 1.70 bits per heavy atom. The van der Waals surface area contributed by atoms with Gasteiger partial charge in [-0.2, -0.15) is 4.37 Å². The molecule has 0 saturated carbocycles. The van der Waals surface area contributed by atoms with E-state index in [1.54, 1.807) is 11.3 Å². The molecule has 4 nitrogen and oxygen atoms in total. The van der Waals surface area contributed by atoms with Crippen molar-refractivity contribution in [2.24, 2.45) is 0 Å². The second-order valence-corrected chi connectivity index (χ2v) is 8.13. The standard InChI is InChI=1S/C21H11N3OS2/c1-2-4-17-15(3-1)23-20(25-17)12-7-8-18-16(9-12)24-21(26-18)13-5-6-14-11-22-27-19(14)10-13/h1-11H. The fourth-order valence-electron chi connectivity index (χ4n) is 3.17. The van der Waals surface area contributed by atoms with Crippen molar-refractivity contribution >= 4 is 54.3 Å². The SMILES string of the molecule is c1ccc2oc(-c3ccc4sc(-c5ccc6cnsc6c5)nc4c3)nc2c1. The van der Waals surface area contributed by atoms with Gasteiger partial charge in [0.2, 0.25) is 5.89 Å². The van der Waals surface area contributed by atoms with Gasteiger partial charge >= 0.3 is 0 Å². The first-order valence-corrected chi connectivity index (χ1v) is 10.0. The zero-order valence-electron chi connectivity index (χ0n) is 13.9. The molecule has 6 aromatic rings. The highest BCUT2D eigenvalue weighted by atomic mass is 32.1. The third-order valence-electron chi connectivity index (χ3n) is 4.53. The normalized spacial score (nSPS) is 11.7. The molecule has 0 saturated heterocycles. The number of para-hydroxylation sites is 2. The number of hydrogen-bond acceptors (Lipinski definition) is 6. The summed E-state index contributed by atoms with van der Waals surface area (Å²) in [5.41, 5.74) is 4.68. The van der Waals surface area contributed by atoms with E-state index in [1.165, 1.54) is 21.6 Å². The summed E-state index contributed by atoms with van der Waals surface area (Å²) in [4.78, 5) is 9.43. The van der Waals surface area contributed by atoms with Gasteiger partial charge in [0.15, 0.2) is 5.58 Å². The summed E-state index contributed by atoms with van der Waals surface area (Å²) in [6, 6.07) is 20.3. The van der Waals surface area contributed by atoms with E-state index in [2.05, 4.69) is 33.6 Å². The quantitative estimate of drug-likeness (QED) is 0.347. The molecule has 0 aliphatic rings. The first-order chi connectivity index (χ1) is 13.3. The van der Waals surface area contributed by atoms with Crippen LogP contribution in [0.15, 0.2) is 71.3 Å². The van der Waals surface area contributed by atoms with Gasteiger partial charge in [-0.15, -0.1) is 11.3 Å². The van der Waals surface area contributed by atoms with E-state index in [9.17, 15) is 0 Å². The zero-order chi connectivity index (χ0) is 17.8. The molecule has 0 spiro atoms. The first-order valence-electron chi connectivity index (χ1n) is 8.45. The minimum Gasteiger partial charge on any atom is -0.436 e. The lowest BCUT2D eigenvalue weighted by Gasteiger charge is -1.95. The lowest BCUT2D eigenvalue weighted by Crippen LogP contribution is -1.78. The number of thiazole rings is 1. The summed E-state index contributed by atoms with van der Waals surface area (Å²) in [6.45, 7) is 0. The highest BCUT2D eigenvalue weighted by Gasteiger charge is 2.12. The zero-order valence-corrected chi connectivity index (χ0v) is 15.6. The van der Waals surface area contributed by atoms with Crippen LogP contribution in [0.4, 0.5) is 0 Å². The van der Waals surface area contributed by atoms with Crippen LogP contribution in [0.1, 0.15) is 0 Å². The van der Waals surface area contributed by atoms with E-state index in [-0.39, 0.29) is 0 Å². The largest absolute Gasteiger partial charge is 0.436 e. The summed E-state index contributed by atoms with van der Waals surface area (Å²) in [5.74, 6) is 0.624. The lowest BCUT2D eigenvalue weighted by atomic mass is 10.2. The molecule has 3 aromatic carbocycles. The maximum atomic E-state index is 5.89. The number of fused-ring (bicyclic) bond motifs is 3. The van der Waals surface area contributed by atoms with Crippen molar-refractivity contribution in [2.45, 2.75) is 0 Å². The number of aromatic nitrogens is 3. The van der Waals surface area contributed by atoms with E-state index in [0.29, 0.717) is 5.89 Å². The summed E-state index contributed by atoms with van der Waals surface area (Å²) < 4.78 is 12.5. The van der Waals surface area contributed by atoms with E-state index >= 15 is 0 Å². The molecule has 3 heterocycles. The van der Waals surface area contributed by atoms with E-state index < -0.39 is 0 Å². The van der Waals surface area contributed by atoms with Gasteiger partial charge in [-0.05, 0) is 47.9 Å². The van der Waals surface area contributed by atoms with Crippen LogP contribution in [0, 0.1) is 0 Å². The molecular weight excluding hydrogens is 374 g/mol. The van der Waals surface area contributed by atoms with Crippen LogP contribution in [-0.4, -0.2) is 14.3 Å². The molecule has 0 fully saturated rings. The number of nitrogens with zero attached hydrogens (tertiary/aromatic N) is 3. The van der Waals surface area contributed by atoms with E-state index in [4.69, 9.17) is 9.40 Å². The summed E-state index contributed by atoms with van der Waals surface area (Å²) >= 11 is 3.20. The fourth-order valence-corrected chi connectivity index (χ4v) is 4.80. The van der Waals surface area contributed by atoms with Crippen molar-refractivity contribution in [3.8, 4) is 22.0 Å². The van der Waals surface area contributed by atoms with Gasteiger partial charge in [0.05, 0.1) is 14.9 Å². The molecule has 0 atom stereocenters. The predicted octanol–water partition coefficient (Wildman–Crippen LogP) is 6.38. The molecule has 0 amide bonds. The minimum atomic E-state index is 0.624. The molecule has 0 bridgehead atoms. The lowest BCUT2D eigenvalue weighted by molar-refractivity contribution is 0.620. The van der Waals surface area contributed by atoms with Crippen molar-refractivity contribution in [1.29, 1.82) is 0 Å². The van der Waals surface area contributed by atoms with Gasteiger partial charge < -0.3 is 4.42 Å². The van der Waals surface area contributed by atoms with Crippen molar-refractivity contribution in [1.82, 2.24) is 14.3 Å². The van der Waals surface area contributed by atoms with Crippen molar-refractivity contribution in [2.75, 3.05) is 0 Å². The molecule has 6 heteroatoms. The second-order valence-electron chi connectivity index (χ2n) is 6.27. The summed E-state index contributed by atoms with van der Waals surface area (Å²) in [6.07, 6.45) is 1.90.